The van der Waals surface area contributed by atoms with Crippen molar-refractivity contribution in [3.8, 4) is 0 Å². The Labute approximate surface area is 102 Å². The van der Waals surface area contributed by atoms with Crippen molar-refractivity contribution in [2.24, 2.45) is 10.8 Å². The maximum Gasteiger partial charge on any atom is 0.208 e. The zero-order chi connectivity index (χ0) is 11.8. The summed E-state index contributed by atoms with van der Waals surface area (Å²) in [6.07, 6.45) is 0.930. The lowest BCUT2D eigenvalue weighted by Gasteiger charge is -2.32. The van der Waals surface area contributed by atoms with Crippen LogP contribution in [0.2, 0.25) is 0 Å². The third-order valence-electron chi connectivity index (χ3n) is 2.44. The second-order valence-corrected chi connectivity index (χ2v) is 5.37. The third-order valence-corrected chi connectivity index (χ3v) is 3.57. The number of hydrogen-bond donors (Lipinski definition) is 2. The maximum atomic E-state index is 5.50. The quantitative estimate of drug-likeness (QED) is 0.245. The molecule has 16 heavy (non-hydrogen) atoms. The number of methoxy groups -OCH3 is 1. The molecule has 1 unspecified atom stereocenters. The Balaban J connectivity index is 2.39. The topological polar surface area (TPSA) is 62.9 Å². The van der Waals surface area contributed by atoms with Gasteiger partial charge in [-0.3, -0.25) is 10.4 Å². The van der Waals surface area contributed by atoms with Crippen LogP contribution in [0, 0.1) is 0 Å². The Morgan fingerprint density at radius 1 is 1.69 bits per heavy atom. The first-order valence-electron chi connectivity index (χ1n) is 5.64. The van der Waals surface area contributed by atoms with Gasteiger partial charge in [-0.25, -0.2) is 5.84 Å². The largest absolute Gasteiger partial charge is 0.385 e. The molecule has 1 fully saturated rings. The second kappa shape index (κ2) is 7.76. The Morgan fingerprint density at radius 3 is 3.12 bits per heavy atom. The van der Waals surface area contributed by atoms with E-state index in [0.717, 1.165) is 44.4 Å². The van der Waals surface area contributed by atoms with E-state index in [1.807, 2.05) is 11.8 Å². The molecule has 1 saturated heterocycles. The normalized spacial score (nSPS) is 22.3. The van der Waals surface area contributed by atoms with Gasteiger partial charge in [0.1, 0.15) is 0 Å². The number of thioether (sulfide) groups is 1. The molecule has 0 aromatic rings. The van der Waals surface area contributed by atoms with Gasteiger partial charge in [-0.2, -0.15) is 11.8 Å². The highest BCUT2D eigenvalue weighted by Crippen LogP contribution is 2.17. The fourth-order valence-electron chi connectivity index (χ4n) is 1.64. The fourth-order valence-corrected chi connectivity index (χ4v) is 2.66. The molecule has 0 saturated carbocycles. The Bertz CT molecular complexity index is 225. The molecule has 0 amide bonds. The number of ether oxygens (including phenoxy) is 1. The van der Waals surface area contributed by atoms with Crippen molar-refractivity contribution < 1.29 is 4.74 Å². The highest BCUT2D eigenvalue weighted by molar-refractivity contribution is 7.99. The molecule has 1 aliphatic heterocycles. The first-order chi connectivity index (χ1) is 7.77. The molecule has 94 valence electrons. The number of hydrogen-bond acceptors (Lipinski definition) is 4. The summed E-state index contributed by atoms with van der Waals surface area (Å²) >= 11 is 2.00. The van der Waals surface area contributed by atoms with Crippen molar-refractivity contribution in [1.29, 1.82) is 0 Å². The van der Waals surface area contributed by atoms with Crippen LogP contribution in [0.1, 0.15) is 13.3 Å². The molecule has 1 aliphatic rings. The summed E-state index contributed by atoms with van der Waals surface area (Å²) in [5, 5.41) is 0.645. The lowest BCUT2D eigenvalue weighted by molar-refractivity contribution is 0.197. The van der Waals surface area contributed by atoms with Crippen LogP contribution in [0.3, 0.4) is 0 Å². The van der Waals surface area contributed by atoms with E-state index in [9.17, 15) is 0 Å². The smallest absolute Gasteiger partial charge is 0.208 e. The molecule has 0 aliphatic carbocycles. The number of aliphatic imine (C=N–C) groups is 1. The minimum Gasteiger partial charge on any atom is -0.385 e. The van der Waals surface area contributed by atoms with Gasteiger partial charge >= 0.3 is 0 Å². The standard InChI is InChI=1S/C10H22N4OS/c1-9-8-14(5-7-16-9)10(13-11)12-4-3-6-15-2/h9H,3-8,11H2,1-2H3,(H,12,13). The van der Waals surface area contributed by atoms with Crippen molar-refractivity contribution in [2.75, 3.05) is 39.1 Å². The van der Waals surface area contributed by atoms with Crippen molar-refractivity contribution in [3.05, 3.63) is 0 Å². The van der Waals surface area contributed by atoms with E-state index in [1.165, 1.54) is 0 Å². The summed E-state index contributed by atoms with van der Waals surface area (Å²) < 4.78 is 4.98. The van der Waals surface area contributed by atoms with E-state index in [-0.39, 0.29) is 0 Å². The number of nitrogens with two attached hydrogens (primary N) is 1. The van der Waals surface area contributed by atoms with E-state index in [1.54, 1.807) is 7.11 Å². The molecule has 0 aromatic carbocycles. The minimum absolute atomic E-state index is 0.645. The summed E-state index contributed by atoms with van der Waals surface area (Å²) in [6, 6.07) is 0. The molecule has 0 spiro atoms. The molecular weight excluding hydrogens is 224 g/mol. The van der Waals surface area contributed by atoms with Crippen LogP contribution in [0.4, 0.5) is 0 Å². The molecule has 1 heterocycles. The van der Waals surface area contributed by atoms with Crippen LogP contribution in [0.5, 0.6) is 0 Å². The van der Waals surface area contributed by atoms with Crippen molar-refractivity contribution in [2.45, 2.75) is 18.6 Å². The van der Waals surface area contributed by atoms with Crippen LogP contribution >= 0.6 is 11.8 Å². The summed E-state index contributed by atoms with van der Waals surface area (Å²) in [7, 11) is 1.70. The van der Waals surface area contributed by atoms with Gasteiger partial charge in [0.2, 0.25) is 5.96 Å². The third kappa shape index (κ3) is 4.59. The summed E-state index contributed by atoms with van der Waals surface area (Å²) in [6.45, 7) is 5.76. The molecule has 1 rings (SSSR count). The summed E-state index contributed by atoms with van der Waals surface area (Å²) in [5.74, 6) is 7.45. The van der Waals surface area contributed by atoms with Gasteiger partial charge in [0.25, 0.3) is 0 Å². The molecule has 0 radical (unpaired) electrons. The highest BCUT2D eigenvalue weighted by atomic mass is 32.2. The number of rotatable bonds is 4. The van der Waals surface area contributed by atoms with Gasteiger partial charge < -0.3 is 9.64 Å². The lowest BCUT2D eigenvalue weighted by Crippen LogP contribution is -2.49. The molecule has 0 aromatic heterocycles. The molecule has 3 N–H and O–H groups in total. The number of nitrogens with one attached hydrogen (secondary N) is 1. The number of guanidine groups is 1. The predicted molar refractivity (Wildman–Crippen MR) is 69.6 cm³/mol. The van der Waals surface area contributed by atoms with Crippen molar-refractivity contribution in [1.82, 2.24) is 10.3 Å². The van der Waals surface area contributed by atoms with Crippen LogP contribution in [0.15, 0.2) is 4.99 Å². The monoisotopic (exact) mass is 246 g/mol. The maximum absolute atomic E-state index is 5.50. The van der Waals surface area contributed by atoms with Gasteiger partial charge in [-0.15, -0.1) is 0 Å². The van der Waals surface area contributed by atoms with Crippen molar-refractivity contribution in [3.63, 3.8) is 0 Å². The Hall–Kier alpha value is -0.460. The predicted octanol–water partition coefficient (Wildman–Crippen LogP) is 0.280. The zero-order valence-electron chi connectivity index (χ0n) is 10.1. The number of hydrazine groups is 1. The van der Waals surface area contributed by atoms with E-state index in [0.29, 0.717) is 5.25 Å². The van der Waals surface area contributed by atoms with Gasteiger partial charge in [0.15, 0.2) is 0 Å². The summed E-state index contributed by atoms with van der Waals surface area (Å²) in [4.78, 5) is 6.67. The van der Waals surface area contributed by atoms with Crippen LogP contribution < -0.4 is 11.3 Å². The van der Waals surface area contributed by atoms with E-state index in [4.69, 9.17) is 10.6 Å². The molecule has 1 atom stereocenters. The van der Waals surface area contributed by atoms with Gasteiger partial charge in [0, 0.05) is 44.4 Å². The minimum atomic E-state index is 0.645. The Morgan fingerprint density at radius 2 is 2.50 bits per heavy atom. The molecule has 0 bridgehead atoms. The Kier molecular flexibility index (Phi) is 6.59. The molecule has 5 nitrogen and oxygen atoms in total. The second-order valence-electron chi connectivity index (χ2n) is 3.82. The van der Waals surface area contributed by atoms with Crippen molar-refractivity contribution >= 4 is 17.7 Å². The average molecular weight is 246 g/mol. The van der Waals surface area contributed by atoms with Gasteiger partial charge in [-0.1, -0.05) is 6.92 Å². The zero-order valence-corrected chi connectivity index (χ0v) is 10.9. The van der Waals surface area contributed by atoms with Crippen LogP contribution in [0.25, 0.3) is 0 Å². The lowest BCUT2D eigenvalue weighted by atomic mass is 10.4. The van der Waals surface area contributed by atoms with E-state index >= 15 is 0 Å². The fraction of sp³-hybridized carbons (Fsp3) is 0.900. The summed E-state index contributed by atoms with van der Waals surface area (Å²) in [5.41, 5.74) is 2.70. The van der Waals surface area contributed by atoms with E-state index < -0.39 is 0 Å². The first-order valence-corrected chi connectivity index (χ1v) is 6.69. The van der Waals surface area contributed by atoms with Crippen LogP contribution in [-0.2, 0) is 4.74 Å². The van der Waals surface area contributed by atoms with Gasteiger partial charge in [-0.05, 0) is 6.42 Å². The van der Waals surface area contributed by atoms with E-state index in [2.05, 4.69) is 22.2 Å². The number of nitrogens with zero attached hydrogens (tertiary/aromatic N) is 2. The molecule has 6 heteroatoms. The SMILES string of the molecule is COCCCN=C(NN)N1CCSC(C)C1. The van der Waals surface area contributed by atoms with Crippen LogP contribution in [-0.4, -0.2) is 55.2 Å². The molecular formula is C10H22N4OS. The highest BCUT2D eigenvalue weighted by Gasteiger charge is 2.18. The first kappa shape index (κ1) is 13.6. The van der Waals surface area contributed by atoms with Gasteiger partial charge in [0.05, 0.1) is 0 Å². The average Bonchev–Trinajstić information content (AvgIpc) is 2.29.